The number of H-pyrrole nitrogens is 1. The van der Waals surface area contributed by atoms with Gasteiger partial charge in [-0.25, -0.2) is 4.98 Å². The molecule has 0 aliphatic carbocycles. The van der Waals surface area contributed by atoms with Crippen LogP contribution < -0.4 is 5.73 Å². The molecule has 3 nitrogen and oxygen atoms in total. The Morgan fingerprint density at radius 1 is 1.12 bits per heavy atom. The van der Waals surface area contributed by atoms with Crippen LogP contribution >= 0.6 is 11.3 Å². The van der Waals surface area contributed by atoms with Crippen molar-refractivity contribution in [2.45, 2.75) is 0 Å². The highest BCUT2D eigenvalue weighted by atomic mass is 32.1. The van der Waals surface area contributed by atoms with Crippen molar-refractivity contribution in [3.8, 4) is 22.0 Å². The summed E-state index contributed by atoms with van der Waals surface area (Å²) in [5.74, 6) is 0. The van der Waals surface area contributed by atoms with Gasteiger partial charge in [0.1, 0.15) is 5.01 Å². The number of nitrogens with two attached hydrogens (primary N) is 1. The first-order chi connectivity index (χ1) is 8.34. The predicted octanol–water partition coefficient (Wildman–Crippen LogP) is 3.39. The van der Waals surface area contributed by atoms with Gasteiger partial charge >= 0.3 is 0 Å². The van der Waals surface area contributed by atoms with Crippen molar-refractivity contribution >= 4 is 17.0 Å². The van der Waals surface area contributed by atoms with Crippen LogP contribution in [-0.2, 0) is 0 Å². The van der Waals surface area contributed by atoms with Gasteiger partial charge in [-0.1, -0.05) is 12.1 Å². The number of para-hydroxylation sites is 1. The fourth-order valence-electron chi connectivity index (χ4n) is 1.70. The Morgan fingerprint density at radius 3 is 2.76 bits per heavy atom. The molecule has 3 rings (SSSR count). The summed E-state index contributed by atoms with van der Waals surface area (Å²) in [5.41, 5.74) is 9.69. The van der Waals surface area contributed by atoms with Crippen LogP contribution in [0.15, 0.2) is 48.0 Å². The molecule has 0 amide bonds. The smallest absolute Gasteiger partial charge is 0.126 e. The van der Waals surface area contributed by atoms with Crippen LogP contribution in [0, 0.1) is 0 Å². The van der Waals surface area contributed by atoms with E-state index >= 15 is 0 Å². The van der Waals surface area contributed by atoms with Crippen LogP contribution in [0.1, 0.15) is 0 Å². The lowest BCUT2D eigenvalue weighted by Crippen LogP contribution is -1.88. The van der Waals surface area contributed by atoms with E-state index in [4.69, 9.17) is 5.73 Å². The van der Waals surface area contributed by atoms with E-state index in [1.807, 2.05) is 48.0 Å². The van der Waals surface area contributed by atoms with Gasteiger partial charge in [-0.15, -0.1) is 11.3 Å². The van der Waals surface area contributed by atoms with Crippen molar-refractivity contribution in [2.24, 2.45) is 0 Å². The molecule has 1 aromatic carbocycles. The normalized spacial score (nSPS) is 10.6. The maximum absolute atomic E-state index is 5.94. The van der Waals surface area contributed by atoms with E-state index in [1.165, 1.54) is 0 Å². The van der Waals surface area contributed by atoms with Crippen LogP contribution in [0.5, 0.6) is 0 Å². The molecular weight excluding hydrogens is 230 g/mol. The predicted molar refractivity (Wildman–Crippen MR) is 71.7 cm³/mol. The van der Waals surface area contributed by atoms with E-state index in [9.17, 15) is 0 Å². The molecule has 0 fully saturated rings. The van der Waals surface area contributed by atoms with E-state index in [2.05, 4.69) is 9.97 Å². The number of hydrogen-bond donors (Lipinski definition) is 2. The standard InChI is InChI=1S/C13H11N3S/c14-10-5-2-1-4-9(10)13-16-12(8-17-13)11-6-3-7-15-11/h1-8,15H,14H2. The highest BCUT2D eigenvalue weighted by Gasteiger charge is 2.08. The van der Waals surface area contributed by atoms with Crippen LogP contribution in [0.4, 0.5) is 5.69 Å². The summed E-state index contributed by atoms with van der Waals surface area (Å²) < 4.78 is 0. The van der Waals surface area contributed by atoms with Gasteiger partial charge in [0, 0.05) is 22.8 Å². The second kappa shape index (κ2) is 4.07. The molecule has 0 saturated heterocycles. The van der Waals surface area contributed by atoms with Crippen LogP contribution in [0.2, 0.25) is 0 Å². The molecule has 0 bridgehead atoms. The van der Waals surface area contributed by atoms with Crippen molar-refractivity contribution in [1.29, 1.82) is 0 Å². The van der Waals surface area contributed by atoms with Gasteiger partial charge in [0.2, 0.25) is 0 Å². The maximum Gasteiger partial charge on any atom is 0.126 e. The number of hydrogen-bond acceptors (Lipinski definition) is 3. The molecule has 0 unspecified atom stereocenters. The van der Waals surface area contributed by atoms with Gasteiger partial charge in [0.25, 0.3) is 0 Å². The number of nitrogens with one attached hydrogen (secondary N) is 1. The summed E-state index contributed by atoms with van der Waals surface area (Å²) in [5, 5.41) is 2.99. The Morgan fingerprint density at radius 2 is 2.00 bits per heavy atom. The van der Waals surface area contributed by atoms with E-state index in [0.29, 0.717) is 0 Å². The monoisotopic (exact) mass is 241 g/mol. The van der Waals surface area contributed by atoms with Crippen molar-refractivity contribution < 1.29 is 0 Å². The van der Waals surface area contributed by atoms with E-state index in [1.54, 1.807) is 11.3 Å². The second-order valence-corrected chi connectivity index (χ2v) is 4.57. The number of thiazole rings is 1. The molecule has 0 saturated carbocycles. The molecule has 0 radical (unpaired) electrons. The highest BCUT2D eigenvalue weighted by Crippen LogP contribution is 2.31. The lowest BCUT2D eigenvalue weighted by molar-refractivity contribution is 1.33. The van der Waals surface area contributed by atoms with Crippen LogP contribution in [0.3, 0.4) is 0 Å². The third-order valence-electron chi connectivity index (χ3n) is 2.57. The molecule has 4 heteroatoms. The average molecular weight is 241 g/mol. The molecule has 84 valence electrons. The molecule has 0 spiro atoms. The summed E-state index contributed by atoms with van der Waals surface area (Å²) in [6, 6.07) is 11.8. The molecular formula is C13H11N3S. The van der Waals surface area contributed by atoms with Crippen LogP contribution in [-0.4, -0.2) is 9.97 Å². The molecule has 17 heavy (non-hydrogen) atoms. The van der Waals surface area contributed by atoms with Crippen molar-refractivity contribution in [3.05, 3.63) is 48.0 Å². The third-order valence-corrected chi connectivity index (χ3v) is 3.44. The molecule has 3 aromatic rings. The van der Waals surface area contributed by atoms with Gasteiger partial charge < -0.3 is 10.7 Å². The number of anilines is 1. The van der Waals surface area contributed by atoms with Gasteiger partial charge in [-0.05, 0) is 24.3 Å². The number of nitrogen functional groups attached to an aromatic ring is 1. The quantitative estimate of drug-likeness (QED) is 0.676. The summed E-state index contributed by atoms with van der Waals surface area (Å²) >= 11 is 1.60. The minimum Gasteiger partial charge on any atom is -0.398 e. The van der Waals surface area contributed by atoms with E-state index in [0.717, 1.165) is 27.6 Å². The van der Waals surface area contributed by atoms with Gasteiger partial charge in [-0.2, -0.15) is 0 Å². The minimum absolute atomic E-state index is 0.764. The molecule has 0 atom stereocenters. The first-order valence-electron chi connectivity index (χ1n) is 5.29. The lowest BCUT2D eigenvalue weighted by Gasteiger charge is -2.00. The Kier molecular flexibility index (Phi) is 2.42. The highest BCUT2D eigenvalue weighted by molar-refractivity contribution is 7.13. The maximum atomic E-state index is 5.94. The Hall–Kier alpha value is -2.07. The number of aromatic amines is 1. The second-order valence-electron chi connectivity index (χ2n) is 3.71. The molecule has 3 N–H and O–H groups in total. The number of aromatic nitrogens is 2. The largest absolute Gasteiger partial charge is 0.398 e. The Labute approximate surface area is 103 Å². The number of rotatable bonds is 2. The SMILES string of the molecule is Nc1ccccc1-c1nc(-c2ccc[nH]2)cs1. The summed E-state index contributed by atoms with van der Waals surface area (Å²) in [6.07, 6.45) is 1.89. The first kappa shape index (κ1) is 10.1. The molecule has 2 heterocycles. The van der Waals surface area contributed by atoms with Crippen LogP contribution in [0.25, 0.3) is 22.0 Å². The number of nitrogens with zero attached hydrogens (tertiary/aromatic N) is 1. The zero-order valence-electron chi connectivity index (χ0n) is 9.05. The minimum atomic E-state index is 0.764. The topological polar surface area (TPSA) is 54.7 Å². The summed E-state index contributed by atoms with van der Waals surface area (Å²) in [4.78, 5) is 7.74. The Balaban J connectivity index is 2.04. The summed E-state index contributed by atoms with van der Waals surface area (Å²) in [6.45, 7) is 0. The van der Waals surface area contributed by atoms with Gasteiger partial charge in [0.15, 0.2) is 0 Å². The lowest BCUT2D eigenvalue weighted by atomic mass is 10.2. The molecule has 0 aliphatic rings. The van der Waals surface area contributed by atoms with Crippen molar-refractivity contribution in [1.82, 2.24) is 9.97 Å². The average Bonchev–Trinajstić information content (AvgIpc) is 3.00. The van der Waals surface area contributed by atoms with Crippen molar-refractivity contribution in [2.75, 3.05) is 5.73 Å². The third kappa shape index (κ3) is 1.83. The molecule has 2 aromatic heterocycles. The Bertz CT molecular complexity index is 626. The first-order valence-corrected chi connectivity index (χ1v) is 6.17. The zero-order valence-corrected chi connectivity index (χ0v) is 9.87. The molecule has 0 aliphatic heterocycles. The zero-order chi connectivity index (χ0) is 11.7. The van der Waals surface area contributed by atoms with Gasteiger partial charge in [-0.3, -0.25) is 0 Å². The van der Waals surface area contributed by atoms with Gasteiger partial charge in [0.05, 0.1) is 11.4 Å². The van der Waals surface area contributed by atoms with E-state index in [-0.39, 0.29) is 0 Å². The summed E-state index contributed by atoms with van der Waals surface area (Å²) in [7, 11) is 0. The fraction of sp³-hybridized carbons (Fsp3) is 0. The fourth-order valence-corrected chi connectivity index (χ4v) is 2.57. The van der Waals surface area contributed by atoms with Crippen molar-refractivity contribution in [3.63, 3.8) is 0 Å². The van der Waals surface area contributed by atoms with E-state index < -0.39 is 0 Å². The number of benzene rings is 1.